The Morgan fingerprint density at radius 3 is 2.69 bits per heavy atom. The molecule has 1 aliphatic rings. The molecule has 1 aromatic carbocycles. The van der Waals surface area contributed by atoms with Crippen LogP contribution < -0.4 is 5.32 Å². The Balaban J connectivity index is 1.53. The first kappa shape index (κ1) is 16.8. The molecule has 0 spiro atoms. The number of aromatic nitrogens is 6. The molecule has 0 saturated heterocycles. The topological polar surface area (TPSA) is 98.5 Å². The van der Waals surface area contributed by atoms with Gasteiger partial charge in [0.05, 0.1) is 0 Å². The number of hydrogen-bond donors (Lipinski definition) is 1. The molecule has 0 aliphatic heterocycles. The lowest BCUT2D eigenvalue weighted by Crippen LogP contribution is -2.27. The van der Waals surface area contributed by atoms with E-state index in [1.807, 2.05) is 30.3 Å². The largest absolute Gasteiger partial charge is 0.298 e. The second kappa shape index (κ2) is 7.69. The van der Waals surface area contributed by atoms with E-state index in [0.29, 0.717) is 11.0 Å². The first-order valence-corrected chi connectivity index (χ1v) is 9.54. The molecule has 0 bridgehead atoms. The van der Waals surface area contributed by atoms with E-state index < -0.39 is 6.04 Å². The van der Waals surface area contributed by atoms with Crippen molar-refractivity contribution in [3.05, 3.63) is 47.2 Å². The highest BCUT2D eigenvalue weighted by Crippen LogP contribution is 2.35. The molecule has 8 nitrogen and oxygen atoms in total. The van der Waals surface area contributed by atoms with Gasteiger partial charge in [-0.15, -0.1) is 15.3 Å². The van der Waals surface area contributed by atoms with E-state index in [1.165, 1.54) is 41.6 Å². The standard InChI is InChI=1S/C17H19N7OS/c25-15(14(24-11-18-22-23-24)12-7-3-1-4-8-12)19-17-21-20-16(26-17)13-9-5-2-6-10-13/h1,3-4,7-8,11,13-14H,2,5-6,9-10H2,(H,19,21,25)/t14-/m1/s1. The maximum atomic E-state index is 12.9. The molecule has 26 heavy (non-hydrogen) atoms. The second-order valence-corrected chi connectivity index (χ2v) is 7.38. The normalized spacial score (nSPS) is 16.3. The van der Waals surface area contributed by atoms with Crippen molar-refractivity contribution in [1.82, 2.24) is 30.4 Å². The Bertz CT molecular complexity index is 843. The van der Waals surface area contributed by atoms with Crippen molar-refractivity contribution >= 4 is 22.4 Å². The number of carbonyl (C=O) groups excluding carboxylic acids is 1. The molecule has 1 atom stereocenters. The predicted molar refractivity (Wildman–Crippen MR) is 96.8 cm³/mol. The van der Waals surface area contributed by atoms with Crippen molar-refractivity contribution in [2.75, 3.05) is 5.32 Å². The van der Waals surface area contributed by atoms with E-state index in [-0.39, 0.29) is 5.91 Å². The Morgan fingerprint density at radius 2 is 1.96 bits per heavy atom. The Hall–Kier alpha value is -2.68. The number of nitrogens with one attached hydrogen (secondary N) is 1. The fourth-order valence-corrected chi connectivity index (χ4v) is 4.24. The van der Waals surface area contributed by atoms with Crippen LogP contribution in [0.3, 0.4) is 0 Å². The summed E-state index contributed by atoms with van der Waals surface area (Å²) in [6.45, 7) is 0. The van der Waals surface area contributed by atoms with Crippen LogP contribution in [-0.2, 0) is 4.79 Å². The summed E-state index contributed by atoms with van der Waals surface area (Å²) < 4.78 is 1.44. The molecule has 3 aromatic rings. The number of amides is 1. The summed E-state index contributed by atoms with van der Waals surface area (Å²) in [6, 6.07) is 8.75. The summed E-state index contributed by atoms with van der Waals surface area (Å²) in [7, 11) is 0. The minimum Gasteiger partial charge on any atom is -0.298 e. The predicted octanol–water partition coefficient (Wildman–Crippen LogP) is 2.80. The fourth-order valence-electron chi connectivity index (χ4n) is 3.32. The quantitative estimate of drug-likeness (QED) is 0.742. The summed E-state index contributed by atoms with van der Waals surface area (Å²) in [6.07, 6.45) is 7.51. The van der Waals surface area contributed by atoms with Gasteiger partial charge in [-0.2, -0.15) is 0 Å². The zero-order chi connectivity index (χ0) is 17.8. The first-order chi connectivity index (χ1) is 12.8. The average Bonchev–Trinajstić information content (AvgIpc) is 3.36. The summed E-state index contributed by atoms with van der Waals surface area (Å²) in [5.74, 6) is 0.228. The third-order valence-electron chi connectivity index (χ3n) is 4.62. The van der Waals surface area contributed by atoms with Gasteiger partial charge in [0.25, 0.3) is 5.91 Å². The van der Waals surface area contributed by atoms with Gasteiger partial charge in [-0.25, -0.2) is 4.68 Å². The third-order valence-corrected chi connectivity index (χ3v) is 5.62. The zero-order valence-electron chi connectivity index (χ0n) is 14.2. The van der Waals surface area contributed by atoms with Crippen molar-refractivity contribution in [3.8, 4) is 0 Å². The molecule has 0 unspecified atom stereocenters. The summed E-state index contributed by atoms with van der Waals surface area (Å²) in [4.78, 5) is 12.9. The van der Waals surface area contributed by atoms with Crippen molar-refractivity contribution < 1.29 is 4.79 Å². The van der Waals surface area contributed by atoms with Crippen LogP contribution in [-0.4, -0.2) is 36.3 Å². The van der Waals surface area contributed by atoms with E-state index in [4.69, 9.17) is 0 Å². The molecule has 0 radical (unpaired) electrons. The molecule has 1 saturated carbocycles. The van der Waals surface area contributed by atoms with Crippen LogP contribution in [0.25, 0.3) is 0 Å². The van der Waals surface area contributed by atoms with Crippen LogP contribution in [0.4, 0.5) is 5.13 Å². The highest BCUT2D eigenvalue weighted by Gasteiger charge is 2.26. The van der Waals surface area contributed by atoms with Crippen molar-refractivity contribution in [2.45, 2.75) is 44.1 Å². The Kier molecular flexibility index (Phi) is 4.96. The summed E-state index contributed by atoms with van der Waals surface area (Å²) in [5.41, 5.74) is 0.800. The van der Waals surface area contributed by atoms with Gasteiger partial charge in [0, 0.05) is 5.92 Å². The number of tetrazole rings is 1. The monoisotopic (exact) mass is 369 g/mol. The molecule has 2 heterocycles. The van der Waals surface area contributed by atoms with Crippen LogP contribution in [0, 0.1) is 0 Å². The van der Waals surface area contributed by atoms with Crippen LogP contribution in [0.5, 0.6) is 0 Å². The minimum absolute atomic E-state index is 0.241. The van der Waals surface area contributed by atoms with E-state index in [9.17, 15) is 4.79 Å². The highest BCUT2D eigenvalue weighted by molar-refractivity contribution is 7.15. The van der Waals surface area contributed by atoms with Gasteiger partial charge < -0.3 is 0 Å². The molecule has 4 rings (SSSR count). The van der Waals surface area contributed by atoms with Gasteiger partial charge in [-0.05, 0) is 28.8 Å². The van der Waals surface area contributed by atoms with Crippen LogP contribution in [0.1, 0.15) is 54.6 Å². The van der Waals surface area contributed by atoms with Crippen molar-refractivity contribution in [2.24, 2.45) is 0 Å². The molecular formula is C17H19N7OS. The maximum absolute atomic E-state index is 12.9. The molecule has 134 valence electrons. The Labute approximate surface area is 154 Å². The third kappa shape index (κ3) is 3.62. The fraction of sp³-hybridized carbons (Fsp3) is 0.412. The lowest BCUT2D eigenvalue weighted by molar-refractivity contribution is -0.118. The van der Waals surface area contributed by atoms with Crippen LogP contribution >= 0.6 is 11.3 Å². The molecule has 1 amide bonds. The van der Waals surface area contributed by atoms with Gasteiger partial charge in [0.2, 0.25) is 5.13 Å². The molecule has 9 heteroatoms. The van der Waals surface area contributed by atoms with E-state index >= 15 is 0 Å². The van der Waals surface area contributed by atoms with E-state index in [1.54, 1.807) is 0 Å². The molecule has 2 aromatic heterocycles. The highest BCUT2D eigenvalue weighted by atomic mass is 32.1. The molecule has 1 aliphatic carbocycles. The van der Waals surface area contributed by atoms with E-state index in [2.05, 4.69) is 31.0 Å². The second-order valence-electron chi connectivity index (χ2n) is 6.37. The average molecular weight is 369 g/mol. The molecule has 1 N–H and O–H groups in total. The van der Waals surface area contributed by atoms with Gasteiger partial charge in [0.15, 0.2) is 6.04 Å². The number of rotatable bonds is 5. The smallest absolute Gasteiger partial charge is 0.255 e. The summed E-state index contributed by atoms with van der Waals surface area (Å²) in [5, 5.41) is 24.1. The van der Waals surface area contributed by atoms with Crippen molar-refractivity contribution in [3.63, 3.8) is 0 Å². The zero-order valence-corrected chi connectivity index (χ0v) is 15.0. The van der Waals surface area contributed by atoms with Gasteiger partial charge in [-0.3, -0.25) is 10.1 Å². The molecule has 1 fully saturated rings. The van der Waals surface area contributed by atoms with Gasteiger partial charge >= 0.3 is 0 Å². The maximum Gasteiger partial charge on any atom is 0.255 e. The number of hydrogen-bond acceptors (Lipinski definition) is 7. The Morgan fingerprint density at radius 1 is 1.15 bits per heavy atom. The van der Waals surface area contributed by atoms with Crippen LogP contribution in [0.15, 0.2) is 36.7 Å². The SMILES string of the molecule is O=C(Nc1nnc(C2CCCCC2)s1)[C@@H](c1ccccc1)n1cnnn1. The minimum atomic E-state index is -0.659. The van der Waals surface area contributed by atoms with Gasteiger partial charge in [0.1, 0.15) is 11.3 Å². The molecular weight excluding hydrogens is 350 g/mol. The van der Waals surface area contributed by atoms with Crippen LogP contribution in [0.2, 0.25) is 0 Å². The number of anilines is 1. The summed E-state index contributed by atoms with van der Waals surface area (Å²) >= 11 is 1.46. The number of carbonyl (C=O) groups is 1. The lowest BCUT2D eigenvalue weighted by Gasteiger charge is -2.18. The van der Waals surface area contributed by atoms with Gasteiger partial charge in [-0.1, -0.05) is 60.9 Å². The lowest BCUT2D eigenvalue weighted by atomic mass is 9.90. The van der Waals surface area contributed by atoms with E-state index in [0.717, 1.165) is 23.4 Å². The van der Waals surface area contributed by atoms with Crippen molar-refractivity contribution in [1.29, 1.82) is 0 Å². The number of nitrogens with zero attached hydrogens (tertiary/aromatic N) is 6. The number of benzene rings is 1. The first-order valence-electron chi connectivity index (χ1n) is 8.73.